The van der Waals surface area contributed by atoms with Crippen molar-refractivity contribution in [2.75, 3.05) is 6.61 Å². The predicted molar refractivity (Wildman–Crippen MR) is 42.8 cm³/mol. The second-order valence-corrected chi connectivity index (χ2v) is 2.99. The molecule has 0 aromatic rings. The van der Waals surface area contributed by atoms with E-state index in [2.05, 4.69) is 13.0 Å². The Morgan fingerprint density at radius 3 is 2.90 bits per heavy atom. The number of aliphatic hydroxyl groups is 1. The van der Waals surface area contributed by atoms with E-state index in [4.69, 9.17) is 5.11 Å². The molecule has 0 aliphatic heterocycles. The standard InChI is InChI=1S/C9H16O/c1-2-8-5-3-4-6-9(8)7-10/h2,9-10H,3-7H2,1H3/b8-2-/t9-/m0/s1. The smallest absolute Gasteiger partial charge is 0.0496 e. The fourth-order valence-corrected chi connectivity index (χ4v) is 1.70. The third-order valence-electron chi connectivity index (χ3n) is 2.38. The van der Waals surface area contributed by atoms with Gasteiger partial charge >= 0.3 is 0 Å². The van der Waals surface area contributed by atoms with Gasteiger partial charge in [0.25, 0.3) is 0 Å². The lowest BCUT2D eigenvalue weighted by Crippen LogP contribution is -2.13. The van der Waals surface area contributed by atoms with Crippen LogP contribution in [-0.2, 0) is 0 Å². The molecule has 1 aliphatic rings. The lowest BCUT2D eigenvalue weighted by atomic mass is 9.85. The van der Waals surface area contributed by atoms with Gasteiger partial charge in [-0.1, -0.05) is 18.1 Å². The van der Waals surface area contributed by atoms with E-state index in [1.54, 1.807) is 0 Å². The van der Waals surface area contributed by atoms with Gasteiger partial charge in [0.2, 0.25) is 0 Å². The largest absolute Gasteiger partial charge is 0.396 e. The Bertz CT molecular complexity index is 127. The quantitative estimate of drug-likeness (QED) is 0.553. The van der Waals surface area contributed by atoms with E-state index in [0.717, 1.165) is 0 Å². The van der Waals surface area contributed by atoms with Crippen LogP contribution in [0, 0.1) is 5.92 Å². The third-order valence-corrected chi connectivity index (χ3v) is 2.38. The van der Waals surface area contributed by atoms with E-state index in [9.17, 15) is 0 Å². The summed E-state index contributed by atoms with van der Waals surface area (Å²) in [5, 5.41) is 8.95. The minimum Gasteiger partial charge on any atom is -0.396 e. The molecule has 1 N–H and O–H groups in total. The number of hydrogen-bond donors (Lipinski definition) is 1. The minimum absolute atomic E-state index is 0.347. The molecule has 0 bridgehead atoms. The summed E-state index contributed by atoms with van der Waals surface area (Å²) in [4.78, 5) is 0. The maximum Gasteiger partial charge on any atom is 0.0496 e. The van der Waals surface area contributed by atoms with E-state index < -0.39 is 0 Å². The zero-order chi connectivity index (χ0) is 7.40. The molecule has 0 aromatic carbocycles. The Kier molecular flexibility index (Phi) is 2.94. The molecule has 0 amide bonds. The normalized spacial score (nSPS) is 31.0. The second kappa shape index (κ2) is 3.77. The van der Waals surface area contributed by atoms with Gasteiger partial charge in [0, 0.05) is 12.5 Å². The van der Waals surface area contributed by atoms with Gasteiger partial charge in [-0.15, -0.1) is 0 Å². The van der Waals surface area contributed by atoms with Crippen LogP contribution in [0.3, 0.4) is 0 Å². The summed E-state index contributed by atoms with van der Waals surface area (Å²) in [6.45, 7) is 2.42. The van der Waals surface area contributed by atoms with Crippen LogP contribution >= 0.6 is 0 Å². The highest BCUT2D eigenvalue weighted by Gasteiger charge is 2.16. The van der Waals surface area contributed by atoms with Gasteiger partial charge in [0.05, 0.1) is 0 Å². The highest BCUT2D eigenvalue weighted by Crippen LogP contribution is 2.28. The van der Waals surface area contributed by atoms with Crippen molar-refractivity contribution < 1.29 is 5.11 Å². The highest BCUT2D eigenvalue weighted by molar-refractivity contribution is 5.07. The van der Waals surface area contributed by atoms with Crippen LogP contribution in [0.4, 0.5) is 0 Å². The van der Waals surface area contributed by atoms with Crippen molar-refractivity contribution in [3.8, 4) is 0 Å². The first kappa shape index (κ1) is 7.80. The van der Waals surface area contributed by atoms with Crippen LogP contribution in [0.5, 0.6) is 0 Å². The summed E-state index contributed by atoms with van der Waals surface area (Å²) in [7, 11) is 0. The van der Waals surface area contributed by atoms with Crippen LogP contribution in [0.15, 0.2) is 11.6 Å². The molecule has 0 heterocycles. The zero-order valence-electron chi connectivity index (χ0n) is 6.64. The van der Waals surface area contributed by atoms with Gasteiger partial charge < -0.3 is 5.11 Å². The van der Waals surface area contributed by atoms with Gasteiger partial charge in [-0.25, -0.2) is 0 Å². The average Bonchev–Trinajstić information content (AvgIpc) is 2.04. The highest BCUT2D eigenvalue weighted by atomic mass is 16.3. The molecule has 1 saturated carbocycles. The Hall–Kier alpha value is -0.300. The summed E-state index contributed by atoms with van der Waals surface area (Å²) < 4.78 is 0. The maximum absolute atomic E-state index is 8.95. The molecule has 0 aromatic heterocycles. The molecule has 1 nitrogen and oxygen atoms in total. The Morgan fingerprint density at radius 1 is 1.60 bits per heavy atom. The molecular weight excluding hydrogens is 124 g/mol. The first-order valence-electron chi connectivity index (χ1n) is 4.14. The van der Waals surface area contributed by atoms with E-state index in [0.29, 0.717) is 12.5 Å². The van der Waals surface area contributed by atoms with Crippen molar-refractivity contribution in [2.24, 2.45) is 5.92 Å². The maximum atomic E-state index is 8.95. The summed E-state index contributed by atoms with van der Waals surface area (Å²) in [5.41, 5.74) is 1.47. The zero-order valence-corrected chi connectivity index (χ0v) is 6.64. The molecule has 0 unspecified atom stereocenters. The predicted octanol–water partition coefficient (Wildman–Crippen LogP) is 2.12. The summed E-state index contributed by atoms with van der Waals surface area (Å²) in [6.07, 6.45) is 7.18. The van der Waals surface area contributed by atoms with Crippen LogP contribution in [0.1, 0.15) is 32.6 Å². The fourth-order valence-electron chi connectivity index (χ4n) is 1.70. The van der Waals surface area contributed by atoms with Gasteiger partial charge in [-0.3, -0.25) is 0 Å². The summed E-state index contributed by atoms with van der Waals surface area (Å²) >= 11 is 0. The molecule has 1 aliphatic carbocycles. The van der Waals surface area contributed by atoms with Crippen molar-refractivity contribution >= 4 is 0 Å². The SMILES string of the molecule is C/C=C1/CCCC[C@H]1CO. The van der Waals surface area contributed by atoms with Crippen LogP contribution in [0.2, 0.25) is 0 Å². The van der Waals surface area contributed by atoms with E-state index in [1.807, 2.05) is 0 Å². The summed E-state index contributed by atoms with van der Waals surface area (Å²) in [5.74, 6) is 0.485. The molecule has 58 valence electrons. The van der Waals surface area contributed by atoms with Crippen molar-refractivity contribution in [3.63, 3.8) is 0 Å². The molecule has 1 heteroatoms. The number of hydrogen-bond acceptors (Lipinski definition) is 1. The van der Waals surface area contributed by atoms with Crippen molar-refractivity contribution in [1.29, 1.82) is 0 Å². The molecule has 1 rings (SSSR count). The van der Waals surface area contributed by atoms with Gasteiger partial charge in [-0.05, 0) is 26.2 Å². The number of aliphatic hydroxyl groups excluding tert-OH is 1. The average molecular weight is 140 g/mol. The number of allylic oxidation sites excluding steroid dienone is 1. The molecule has 1 atom stereocenters. The minimum atomic E-state index is 0.347. The third kappa shape index (κ3) is 1.60. The van der Waals surface area contributed by atoms with Gasteiger partial charge in [0.1, 0.15) is 0 Å². The monoisotopic (exact) mass is 140 g/mol. The lowest BCUT2D eigenvalue weighted by molar-refractivity contribution is 0.225. The first-order chi connectivity index (χ1) is 4.88. The molecule has 0 spiro atoms. The van der Waals surface area contributed by atoms with E-state index in [1.165, 1.54) is 31.3 Å². The lowest BCUT2D eigenvalue weighted by Gasteiger charge is -2.22. The Balaban J connectivity index is 2.50. The first-order valence-corrected chi connectivity index (χ1v) is 4.14. The molecule has 0 saturated heterocycles. The second-order valence-electron chi connectivity index (χ2n) is 2.99. The Morgan fingerprint density at radius 2 is 2.40 bits per heavy atom. The van der Waals surface area contributed by atoms with E-state index >= 15 is 0 Å². The van der Waals surface area contributed by atoms with Crippen LogP contribution in [-0.4, -0.2) is 11.7 Å². The molecular formula is C9H16O. The molecule has 1 fully saturated rings. The molecule has 10 heavy (non-hydrogen) atoms. The topological polar surface area (TPSA) is 20.2 Å². The van der Waals surface area contributed by atoms with Gasteiger partial charge in [-0.2, -0.15) is 0 Å². The van der Waals surface area contributed by atoms with Gasteiger partial charge in [0.15, 0.2) is 0 Å². The van der Waals surface area contributed by atoms with Crippen molar-refractivity contribution in [3.05, 3.63) is 11.6 Å². The van der Waals surface area contributed by atoms with E-state index in [-0.39, 0.29) is 0 Å². The summed E-state index contributed by atoms with van der Waals surface area (Å²) in [6, 6.07) is 0. The van der Waals surface area contributed by atoms with Crippen LogP contribution in [0.25, 0.3) is 0 Å². The van der Waals surface area contributed by atoms with Crippen LogP contribution < -0.4 is 0 Å². The fraction of sp³-hybridized carbons (Fsp3) is 0.778. The Labute approximate surface area is 62.8 Å². The van der Waals surface area contributed by atoms with Crippen molar-refractivity contribution in [2.45, 2.75) is 32.6 Å². The van der Waals surface area contributed by atoms with Crippen molar-refractivity contribution in [1.82, 2.24) is 0 Å². The molecule has 0 radical (unpaired) electrons. The number of rotatable bonds is 1.